The minimum absolute atomic E-state index is 0.0221. The first kappa shape index (κ1) is 18.3. The maximum atomic E-state index is 12.9. The van der Waals surface area contributed by atoms with E-state index in [0.29, 0.717) is 12.6 Å². The molecule has 3 aromatic heterocycles. The lowest BCUT2D eigenvalue weighted by molar-refractivity contribution is -0.122. The Labute approximate surface area is 173 Å². The van der Waals surface area contributed by atoms with Crippen molar-refractivity contribution in [3.05, 3.63) is 72.7 Å². The summed E-state index contributed by atoms with van der Waals surface area (Å²) in [6, 6.07) is 15.6. The molecule has 4 aromatic rings. The van der Waals surface area contributed by atoms with Crippen LogP contribution in [0, 0.1) is 0 Å². The third-order valence-corrected chi connectivity index (χ3v) is 5.33. The van der Waals surface area contributed by atoms with Crippen LogP contribution >= 0.6 is 0 Å². The Balaban J connectivity index is 1.24. The Morgan fingerprint density at radius 2 is 2.07 bits per heavy atom. The number of anilines is 1. The average molecular weight is 399 g/mol. The van der Waals surface area contributed by atoms with E-state index in [9.17, 15) is 4.79 Å². The largest absolute Gasteiger partial charge is 0.423 e. The number of amides is 1. The molecule has 0 aliphatic carbocycles. The Bertz CT molecular complexity index is 1120. The van der Waals surface area contributed by atoms with E-state index in [2.05, 4.69) is 20.3 Å². The summed E-state index contributed by atoms with van der Waals surface area (Å²) in [6.07, 6.45) is 7.02. The molecule has 150 valence electrons. The number of carbonyl (C=O) groups excluding carboxylic acids is 1. The highest BCUT2D eigenvalue weighted by Gasteiger charge is 2.33. The summed E-state index contributed by atoms with van der Waals surface area (Å²) >= 11 is 0. The molecule has 5 rings (SSSR count). The third-order valence-electron chi connectivity index (χ3n) is 5.33. The van der Waals surface area contributed by atoms with Gasteiger partial charge in [0.25, 0.3) is 6.01 Å². The van der Waals surface area contributed by atoms with Gasteiger partial charge in [0.15, 0.2) is 5.58 Å². The topological polar surface area (TPSA) is 84.2 Å². The van der Waals surface area contributed by atoms with Gasteiger partial charge < -0.3 is 14.6 Å². The summed E-state index contributed by atoms with van der Waals surface area (Å²) in [5.41, 5.74) is 4.31. The van der Waals surface area contributed by atoms with Crippen molar-refractivity contribution in [2.24, 2.45) is 0 Å². The minimum atomic E-state index is -0.277. The maximum Gasteiger partial charge on any atom is 0.299 e. The van der Waals surface area contributed by atoms with Gasteiger partial charge in [-0.25, -0.2) is 0 Å². The molecule has 0 spiro atoms. The van der Waals surface area contributed by atoms with Crippen molar-refractivity contribution < 1.29 is 9.21 Å². The van der Waals surface area contributed by atoms with Gasteiger partial charge in [-0.1, -0.05) is 18.2 Å². The van der Waals surface area contributed by atoms with Gasteiger partial charge >= 0.3 is 0 Å². The molecule has 1 N–H and O–H groups in total. The molecule has 0 radical (unpaired) electrons. The van der Waals surface area contributed by atoms with Crippen molar-refractivity contribution in [3.63, 3.8) is 0 Å². The molecule has 7 nitrogen and oxygen atoms in total. The molecular formula is C23H21N5O2. The first-order valence-electron chi connectivity index (χ1n) is 10.0. The highest BCUT2D eigenvalue weighted by molar-refractivity contribution is 5.85. The van der Waals surface area contributed by atoms with E-state index in [1.807, 2.05) is 53.4 Å². The molecule has 1 unspecified atom stereocenters. The zero-order valence-corrected chi connectivity index (χ0v) is 16.4. The van der Waals surface area contributed by atoms with Crippen LogP contribution in [0.4, 0.5) is 6.01 Å². The van der Waals surface area contributed by atoms with Crippen LogP contribution in [0.1, 0.15) is 18.4 Å². The molecule has 1 aliphatic rings. The van der Waals surface area contributed by atoms with Crippen LogP contribution in [0.25, 0.3) is 22.4 Å². The molecule has 4 heterocycles. The second-order valence-corrected chi connectivity index (χ2v) is 7.33. The van der Waals surface area contributed by atoms with E-state index in [0.717, 1.165) is 47.3 Å². The van der Waals surface area contributed by atoms with Gasteiger partial charge in [-0.3, -0.25) is 14.8 Å². The fourth-order valence-electron chi connectivity index (χ4n) is 3.77. The fraction of sp³-hybridized carbons (Fsp3) is 0.217. The number of benzene rings is 1. The molecular weight excluding hydrogens is 378 g/mol. The number of rotatable bonds is 5. The number of nitrogens with zero attached hydrogens (tertiary/aromatic N) is 4. The first-order valence-corrected chi connectivity index (χ1v) is 10.0. The molecule has 30 heavy (non-hydrogen) atoms. The third kappa shape index (κ3) is 3.61. The van der Waals surface area contributed by atoms with Crippen LogP contribution in [-0.4, -0.2) is 33.4 Å². The van der Waals surface area contributed by atoms with Crippen LogP contribution in [0.5, 0.6) is 0 Å². The van der Waals surface area contributed by atoms with Crippen molar-refractivity contribution in [3.8, 4) is 11.3 Å². The van der Waals surface area contributed by atoms with E-state index in [-0.39, 0.29) is 11.9 Å². The van der Waals surface area contributed by atoms with Gasteiger partial charge in [-0.15, -0.1) is 0 Å². The van der Waals surface area contributed by atoms with Crippen molar-refractivity contribution >= 4 is 23.0 Å². The number of hydrogen-bond donors (Lipinski definition) is 1. The van der Waals surface area contributed by atoms with E-state index in [1.165, 1.54) is 0 Å². The lowest BCUT2D eigenvalue weighted by Crippen LogP contribution is -2.43. The van der Waals surface area contributed by atoms with Crippen LogP contribution < -0.4 is 10.2 Å². The standard InChI is InChI=1S/C23H21N5O2/c29-22(26-14-16-9-10-18(25-13-16)17-5-3-11-24-15-17)20-7-4-12-28(20)23-27-19-6-1-2-8-21(19)30-23/h1-3,5-6,8-11,13,15,20H,4,7,12,14H2,(H,26,29). The first-order chi connectivity index (χ1) is 14.8. The summed E-state index contributed by atoms with van der Waals surface area (Å²) in [6.45, 7) is 1.18. The number of oxazole rings is 1. The zero-order valence-electron chi connectivity index (χ0n) is 16.4. The SMILES string of the molecule is O=C(NCc1ccc(-c2cccnc2)nc1)C1CCCN1c1nc2ccccc2o1. The fourth-order valence-corrected chi connectivity index (χ4v) is 3.77. The van der Waals surface area contributed by atoms with Crippen LogP contribution in [0.15, 0.2) is 71.5 Å². The number of fused-ring (bicyclic) bond motifs is 1. The average Bonchev–Trinajstić information content (AvgIpc) is 3.45. The van der Waals surface area contributed by atoms with Crippen LogP contribution in [-0.2, 0) is 11.3 Å². The minimum Gasteiger partial charge on any atom is -0.423 e. The van der Waals surface area contributed by atoms with Crippen molar-refractivity contribution in [1.29, 1.82) is 0 Å². The molecule has 1 atom stereocenters. The van der Waals surface area contributed by atoms with Crippen LogP contribution in [0.2, 0.25) is 0 Å². The summed E-state index contributed by atoms with van der Waals surface area (Å²) in [5, 5.41) is 3.03. The summed E-state index contributed by atoms with van der Waals surface area (Å²) in [5.74, 6) is -0.0221. The molecule has 7 heteroatoms. The van der Waals surface area contributed by atoms with Gasteiger partial charge in [0.1, 0.15) is 11.6 Å². The van der Waals surface area contributed by atoms with Crippen molar-refractivity contribution in [2.45, 2.75) is 25.4 Å². The normalized spacial score (nSPS) is 16.1. The van der Waals surface area contributed by atoms with Crippen molar-refractivity contribution in [1.82, 2.24) is 20.3 Å². The Hall–Kier alpha value is -3.74. The monoisotopic (exact) mass is 399 g/mol. The van der Waals surface area contributed by atoms with E-state index < -0.39 is 0 Å². The second-order valence-electron chi connectivity index (χ2n) is 7.33. The van der Waals surface area contributed by atoms with Gasteiger partial charge in [0.05, 0.1) is 5.69 Å². The van der Waals surface area contributed by atoms with E-state index >= 15 is 0 Å². The highest BCUT2D eigenvalue weighted by atomic mass is 16.4. The van der Waals surface area contributed by atoms with Gasteiger partial charge in [-0.2, -0.15) is 4.98 Å². The summed E-state index contributed by atoms with van der Waals surface area (Å²) in [4.78, 5) is 28.0. The van der Waals surface area contributed by atoms with Gasteiger partial charge in [0, 0.05) is 37.2 Å². The molecule has 1 fully saturated rings. The summed E-state index contributed by atoms with van der Waals surface area (Å²) < 4.78 is 5.87. The predicted molar refractivity (Wildman–Crippen MR) is 114 cm³/mol. The van der Waals surface area contributed by atoms with E-state index in [1.54, 1.807) is 18.6 Å². The van der Waals surface area contributed by atoms with Gasteiger partial charge in [-0.05, 0) is 48.7 Å². The lowest BCUT2D eigenvalue weighted by atomic mass is 10.1. The zero-order chi connectivity index (χ0) is 20.3. The lowest BCUT2D eigenvalue weighted by Gasteiger charge is -2.22. The Morgan fingerprint density at radius 1 is 1.13 bits per heavy atom. The molecule has 0 bridgehead atoms. The number of para-hydroxylation sites is 2. The van der Waals surface area contributed by atoms with Gasteiger partial charge in [0.2, 0.25) is 5.91 Å². The molecule has 1 aliphatic heterocycles. The summed E-state index contributed by atoms with van der Waals surface area (Å²) in [7, 11) is 0. The number of pyridine rings is 2. The Kier molecular flexibility index (Phi) is 4.85. The quantitative estimate of drug-likeness (QED) is 0.552. The van der Waals surface area contributed by atoms with Crippen molar-refractivity contribution in [2.75, 3.05) is 11.4 Å². The predicted octanol–water partition coefficient (Wildman–Crippen LogP) is 3.57. The molecule has 1 saturated heterocycles. The molecule has 1 amide bonds. The second kappa shape index (κ2) is 7.94. The number of carbonyl (C=O) groups is 1. The number of aromatic nitrogens is 3. The number of hydrogen-bond acceptors (Lipinski definition) is 6. The van der Waals surface area contributed by atoms with Crippen LogP contribution in [0.3, 0.4) is 0 Å². The Morgan fingerprint density at radius 3 is 2.87 bits per heavy atom. The van der Waals surface area contributed by atoms with E-state index in [4.69, 9.17) is 4.42 Å². The molecule has 1 aromatic carbocycles. The smallest absolute Gasteiger partial charge is 0.299 e. The molecule has 0 saturated carbocycles. The number of nitrogens with one attached hydrogen (secondary N) is 1. The maximum absolute atomic E-state index is 12.9. The highest BCUT2D eigenvalue weighted by Crippen LogP contribution is 2.28.